The summed E-state index contributed by atoms with van der Waals surface area (Å²) >= 11 is 0. The predicted octanol–water partition coefficient (Wildman–Crippen LogP) is 1.95. The molecular weight excluding hydrogens is 218 g/mol. The summed E-state index contributed by atoms with van der Waals surface area (Å²) in [5, 5.41) is 11.2. The van der Waals surface area contributed by atoms with Crippen molar-refractivity contribution >= 4 is 11.9 Å². The van der Waals surface area contributed by atoms with E-state index in [0.29, 0.717) is 25.8 Å². The molecule has 0 radical (unpaired) electrons. The van der Waals surface area contributed by atoms with Crippen LogP contribution in [0.1, 0.15) is 31.2 Å². The summed E-state index contributed by atoms with van der Waals surface area (Å²) < 4.78 is 0. The van der Waals surface area contributed by atoms with Crippen LogP contribution in [0, 0.1) is 0 Å². The van der Waals surface area contributed by atoms with Crippen LogP contribution in [0.25, 0.3) is 0 Å². The molecule has 0 atom stereocenters. The van der Waals surface area contributed by atoms with E-state index in [9.17, 15) is 9.59 Å². The molecule has 0 aliphatic carbocycles. The van der Waals surface area contributed by atoms with Crippen LogP contribution in [0.4, 0.5) is 0 Å². The fourth-order valence-electron chi connectivity index (χ4n) is 1.45. The molecule has 1 aromatic rings. The number of hydrogen-bond donors (Lipinski definition) is 2. The number of benzene rings is 1. The average molecular weight is 235 g/mol. The summed E-state index contributed by atoms with van der Waals surface area (Å²) in [5.74, 6) is -0.839. The molecule has 0 saturated carbocycles. The minimum atomic E-state index is -0.810. The molecule has 0 unspecified atom stereocenters. The smallest absolute Gasteiger partial charge is 0.303 e. The van der Waals surface area contributed by atoms with Gasteiger partial charge in [0.05, 0.1) is 0 Å². The van der Waals surface area contributed by atoms with Crippen molar-refractivity contribution in [2.45, 2.75) is 32.2 Å². The lowest BCUT2D eigenvalue weighted by atomic mass is 10.2. The van der Waals surface area contributed by atoms with E-state index >= 15 is 0 Å². The van der Waals surface area contributed by atoms with Gasteiger partial charge in [-0.25, -0.2) is 0 Å². The van der Waals surface area contributed by atoms with Gasteiger partial charge in [-0.15, -0.1) is 0 Å². The van der Waals surface area contributed by atoms with Gasteiger partial charge in [0.2, 0.25) is 5.91 Å². The van der Waals surface area contributed by atoms with Gasteiger partial charge in [-0.05, 0) is 18.4 Å². The van der Waals surface area contributed by atoms with Crippen molar-refractivity contribution in [3.8, 4) is 0 Å². The van der Waals surface area contributed by atoms with E-state index in [1.54, 1.807) is 0 Å². The highest BCUT2D eigenvalue weighted by atomic mass is 16.4. The SMILES string of the molecule is O=C(O)CCCCC(=O)NCc1ccccc1. The zero-order valence-electron chi connectivity index (χ0n) is 9.69. The van der Waals surface area contributed by atoms with Gasteiger partial charge in [-0.2, -0.15) is 0 Å². The Morgan fingerprint density at radius 2 is 1.71 bits per heavy atom. The largest absolute Gasteiger partial charge is 0.481 e. The first-order valence-corrected chi connectivity index (χ1v) is 5.71. The molecule has 0 bridgehead atoms. The monoisotopic (exact) mass is 235 g/mol. The molecule has 0 aliphatic rings. The van der Waals surface area contributed by atoms with Crippen LogP contribution in [0.2, 0.25) is 0 Å². The molecule has 1 aromatic carbocycles. The molecule has 0 fully saturated rings. The van der Waals surface area contributed by atoms with Crippen molar-refractivity contribution in [3.05, 3.63) is 35.9 Å². The maximum absolute atomic E-state index is 11.4. The summed E-state index contributed by atoms with van der Waals surface area (Å²) in [6.07, 6.45) is 1.69. The molecule has 0 saturated heterocycles. The van der Waals surface area contributed by atoms with E-state index in [4.69, 9.17) is 5.11 Å². The van der Waals surface area contributed by atoms with Gasteiger partial charge in [0.25, 0.3) is 0 Å². The molecule has 0 aromatic heterocycles. The normalized spacial score (nSPS) is 9.88. The quantitative estimate of drug-likeness (QED) is 0.710. The Labute approximate surface area is 101 Å². The van der Waals surface area contributed by atoms with Crippen LogP contribution in [0.5, 0.6) is 0 Å². The second-order valence-corrected chi connectivity index (χ2v) is 3.86. The Morgan fingerprint density at radius 1 is 1.06 bits per heavy atom. The summed E-state index contributed by atoms with van der Waals surface area (Å²) in [6.45, 7) is 0.526. The van der Waals surface area contributed by atoms with E-state index in [1.165, 1.54) is 0 Å². The summed E-state index contributed by atoms with van der Waals surface area (Å²) in [6, 6.07) is 9.68. The lowest BCUT2D eigenvalue weighted by molar-refractivity contribution is -0.137. The maximum atomic E-state index is 11.4. The molecule has 1 amide bonds. The van der Waals surface area contributed by atoms with Crippen LogP contribution in [-0.4, -0.2) is 17.0 Å². The first-order chi connectivity index (χ1) is 8.18. The number of carbonyl (C=O) groups excluding carboxylic acids is 1. The van der Waals surface area contributed by atoms with Crippen molar-refractivity contribution in [3.63, 3.8) is 0 Å². The first kappa shape index (κ1) is 13.2. The lowest BCUT2D eigenvalue weighted by Crippen LogP contribution is -2.22. The second-order valence-electron chi connectivity index (χ2n) is 3.86. The van der Waals surface area contributed by atoms with Crippen LogP contribution < -0.4 is 5.32 Å². The number of nitrogens with one attached hydrogen (secondary N) is 1. The van der Waals surface area contributed by atoms with E-state index < -0.39 is 5.97 Å². The van der Waals surface area contributed by atoms with E-state index in [1.807, 2.05) is 30.3 Å². The zero-order chi connectivity index (χ0) is 12.5. The molecule has 0 aliphatic heterocycles. The molecule has 0 heterocycles. The number of unbranched alkanes of at least 4 members (excludes halogenated alkanes) is 1. The van der Waals surface area contributed by atoms with Crippen molar-refractivity contribution in [2.75, 3.05) is 0 Å². The number of amides is 1. The molecule has 2 N–H and O–H groups in total. The van der Waals surface area contributed by atoms with Crippen LogP contribution in [-0.2, 0) is 16.1 Å². The summed E-state index contributed by atoms with van der Waals surface area (Å²) in [7, 11) is 0. The number of carboxylic acid groups (broad SMARTS) is 1. The van der Waals surface area contributed by atoms with Gasteiger partial charge in [0, 0.05) is 19.4 Å². The van der Waals surface area contributed by atoms with Crippen molar-refractivity contribution in [2.24, 2.45) is 0 Å². The van der Waals surface area contributed by atoms with Gasteiger partial charge in [-0.3, -0.25) is 9.59 Å². The average Bonchev–Trinajstić information content (AvgIpc) is 2.33. The van der Waals surface area contributed by atoms with Gasteiger partial charge < -0.3 is 10.4 Å². The topological polar surface area (TPSA) is 66.4 Å². The third kappa shape index (κ3) is 6.35. The third-order valence-corrected chi connectivity index (χ3v) is 2.38. The molecular formula is C13H17NO3. The van der Waals surface area contributed by atoms with Gasteiger partial charge in [0.15, 0.2) is 0 Å². The summed E-state index contributed by atoms with van der Waals surface area (Å²) in [5.41, 5.74) is 1.06. The Kier molecular flexibility index (Phi) is 5.79. The number of hydrogen-bond acceptors (Lipinski definition) is 2. The molecule has 0 spiro atoms. The minimum absolute atomic E-state index is 0.0285. The van der Waals surface area contributed by atoms with E-state index in [0.717, 1.165) is 5.56 Å². The van der Waals surface area contributed by atoms with Crippen molar-refractivity contribution < 1.29 is 14.7 Å². The highest BCUT2D eigenvalue weighted by Gasteiger charge is 2.02. The molecule has 17 heavy (non-hydrogen) atoms. The van der Waals surface area contributed by atoms with Crippen LogP contribution in [0.15, 0.2) is 30.3 Å². The Hall–Kier alpha value is -1.84. The third-order valence-electron chi connectivity index (χ3n) is 2.38. The zero-order valence-corrected chi connectivity index (χ0v) is 9.69. The lowest BCUT2D eigenvalue weighted by Gasteiger charge is -2.04. The standard InChI is InChI=1S/C13H17NO3/c15-12(8-4-5-9-13(16)17)14-10-11-6-2-1-3-7-11/h1-3,6-7H,4-5,8-10H2,(H,14,15)(H,16,17). The fourth-order valence-corrected chi connectivity index (χ4v) is 1.45. The van der Waals surface area contributed by atoms with Gasteiger partial charge >= 0.3 is 5.97 Å². The Balaban J connectivity index is 2.11. The predicted molar refractivity (Wildman–Crippen MR) is 64.4 cm³/mol. The Bertz CT molecular complexity index is 362. The molecule has 1 rings (SSSR count). The highest BCUT2D eigenvalue weighted by molar-refractivity contribution is 5.75. The molecule has 4 heteroatoms. The number of rotatable bonds is 7. The molecule has 4 nitrogen and oxygen atoms in total. The van der Waals surface area contributed by atoms with E-state index in [2.05, 4.69) is 5.32 Å². The molecule has 92 valence electrons. The van der Waals surface area contributed by atoms with Crippen molar-refractivity contribution in [1.82, 2.24) is 5.32 Å². The van der Waals surface area contributed by atoms with Crippen LogP contribution in [0.3, 0.4) is 0 Å². The van der Waals surface area contributed by atoms with Crippen molar-refractivity contribution in [1.29, 1.82) is 0 Å². The Morgan fingerprint density at radius 3 is 2.35 bits per heavy atom. The second kappa shape index (κ2) is 7.44. The minimum Gasteiger partial charge on any atom is -0.481 e. The number of carbonyl (C=O) groups is 2. The maximum Gasteiger partial charge on any atom is 0.303 e. The highest BCUT2D eigenvalue weighted by Crippen LogP contribution is 2.01. The number of carboxylic acids is 1. The first-order valence-electron chi connectivity index (χ1n) is 5.71. The van der Waals surface area contributed by atoms with Gasteiger partial charge in [-0.1, -0.05) is 30.3 Å². The number of aliphatic carboxylic acids is 1. The van der Waals surface area contributed by atoms with E-state index in [-0.39, 0.29) is 12.3 Å². The van der Waals surface area contributed by atoms with Gasteiger partial charge in [0.1, 0.15) is 0 Å². The summed E-state index contributed by atoms with van der Waals surface area (Å²) in [4.78, 5) is 21.7. The fraction of sp³-hybridized carbons (Fsp3) is 0.385. The van der Waals surface area contributed by atoms with Crippen LogP contribution >= 0.6 is 0 Å².